The quantitative estimate of drug-likeness (QED) is 0.480. The van der Waals surface area contributed by atoms with Gasteiger partial charge in [0.15, 0.2) is 17.3 Å². The van der Waals surface area contributed by atoms with Crippen molar-refractivity contribution in [3.63, 3.8) is 0 Å². The first-order chi connectivity index (χ1) is 16.8. The number of Topliss-reactive ketones (excluding diaryl/α,β-unsaturated/α-hetero) is 1. The summed E-state index contributed by atoms with van der Waals surface area (Å²) in [6.45, 7) is 3.80. The van der Waals surface area contributed by atoms with Gasteiger partial charge >= 0.3 is 5.97 Å². The van der Waals surface area contributed by atoms with Gasteiger partial charge in [-0.1, -0.05) is 35.3 Å². The van der Waals surface area contributed by atoms with E-state index in [2.05, 4.69) is 5.32 Å². The summed E-state index contributed by atoms with van der Waals surface area (Å²) in [4.78, 5) is 26.7. The maximum atomic E-state index is 13.7. The molecule has 6 nitrogen and oxygen atoms in total. The first-order valence-electron chi connectivity index (χ1n) is 11.4. The highest BCUT2D eigenvalue weighted by molar-refractivity contribution is 6.42. The summed E-state index contributed by atoms with van der Waals surface area (Å²) in [5.41, 5.74) is 4.11. The maximum Gasteiger partial charge on any atom is 0.336 e. The zero-order valence-corrected chi connectivity index (χ0v) is 21.5. The number of benzene rings is 2. The molecule has 2 aliphatic rings. The molecular formula is C27H27Cl2NO5. The van der Waals surface area contributed by atoms with Crippen molar-refractivity contribution in [1.29, 1.82) is 0 Å². The van der Waals surface area contributed by atoms with Crippen molar-refractivity contribution in [3.8, 4) is 11.5 Å². The van der Waals surface area contributed by atoms with Crippen LogP contribution < -0.4 is 14.8 Å². The SMILES string of the molecule is CCOC(=O)C1=C(C)NC2=C(C(=O)C[C@@H](c3ccc(OC)c(OC)c3)C2)[C@@H]1c1ccc(Cl)c(Cl)c1. The molecule has 2 aromatic carbocycles. The molecular weight excluding hydrogens is 489 g/mol. The van der Waals surface area contributed by atoms with Crippen molar-refractivity contribution in [1.82, 2.24) is 5.32 Å². The fraction of sp³-hybridized carbons (Fsp3) is 0.333. The number of hydrogen-bond acceptors (Lipinski definition) is 6. The van der Waals surface area contributed by atoms with Gasteiger partial charge in [-0.2, -0.15) is 0 Å². The molecule has 0 radical (unpaired) electrons. The third-order valence-electron chi connectivity index (χ3n) is 6.48. The summed E-state index contributed by atoms with van der Waals surface area (Å²) >= 11 is 12.5. The predicted molar refractivity (Wildman–Crippen MR) is 135 cm³/mol. The van der Waals surface area contributed by atoms with Crippen molar-refractivity contribution in [3.05, 3.63) is 80.1 Å². The second kappa shape index (κ2) is 10.3. The Hall–Kier alpha value is -2.96. The summed E-state index contributed by atoms with van der Waals surface area (Å²) in [6, 6.07) is 10.9. The molecule has 0 aromatic heterocycles. The molecule has 1 N–H and O–H groups in total. The molecule has 0 saturated carbocycles. The van der Waals surface area contributed by atoms with E-state index in [1.54, 1.807) is 39.3 Å². The molecule has 0 fully saturated rings. The monoisotopic (exact) mass is 515 g/mol. The van der Waals surface area contributed by atoms with Crippen LogP contribution in [0, 0.1) is 0 Å². The van der Waals surface area contributed by atoms with Crippen molar-refractivity contribution in [2.24, 2.45) is 0 Å². The van der Waals surface area contributed by atoms with Gasteiger partial charge in [0.1, 0.15) is 0 Å². The smallest absolute Gasteiger partial charge is 0.336 e. The molecule has 1 aliphatic heterocycles. The highest BCUT2D eigenvalue weighted by Gasteiger charge is 2.41. The number of methoxy groups -OCH3 is 2. The van der Waals surface area contributed by atoms with Crippen LogP contribution in [0.5, 0.6) is 11.5 Å². The molecule has 8 heteroatoms. The molecule has 35 heavy (non-hydrogen) atoms. The standard InChI is InChI=1S/C27H27Cl2NO5/c1-5-35-27(32)24-14(2)30-20-11-17(15-7-9-22(33-3)23(13-15)34-4)12-21(31)26(20)25(24)16-6-8-18(28)19(29)10-16/h6-10,13,17,25,30H,5,11-12H2,1-4H3/t17-,25+/m0/s1. The van der Waals surface area contributed by atoms with Crippen LogP contribution in [0.2, 0.25) is 10.0 Å². The minimum atomic E-state index is -0.598. The van der Waals surface area contributed by atoms with E-state index in [4.69, 9.17) is 37.4 Å². The van der Waals surface area contributed by atoms with E-state index in [0.717, 1.165) is 11.3 Å². The number of dihydropyridines is 1. The van der Waals surface area contributed by atoms with E-state index in [-0.39, 0.29) is 18.3 Å². The minimum absolute atomic E-state index is 0.0381. The van der Waals surface area contributed by atoms with Crippen LogP contribution in [-0.4, -0.2) is 32.6 Å². The number of ketones is 1. The zero-order valence-electron chi connectivity index (χ0n) is 20.0. The Kier molecular flexibility index (Phi) is 7.43. The Morgan fingerprint density at radius 2 is 1.71 bits per heavy atom. The number of halogens is 2. The van der Waals surface area contributed by atoms with E-state index >= 15 is 0 Å². The van der Waals surface area contributed by atoms with Crippen LogP contribution in [0.25, 0.3) is 0 Å². The summed E-state index contributed by atoms with van der Waals surface area (Å²) in [5, 5.41) is 4.10. The number of ether oxygens (including phenoxy) is 3. The lowest BCUT2D eigenvalue weighted by Crippen LogP contribution is -2.36. The Morgan fingerprint density at radius 3 is 2.37 bits per heavy atom. The maximum absolute atomic E-state index is 13.7. The Morgan fingerprint density at radius 1 is 1.00 bits per heavy atom. The molecule has 184 valence electrons. The Bertz CT molecular complexity index is 1250. The number of allylic oxidation sites excluding steroid dienone is 3. The summed E-state index contributed by atoms with van der Waals surface area (Å²) < 4.78 is 16.2. The number of esters is 1. The second-order valence-electron chi connectivity index (χ2n) is 8.53. The average molecular weight is 516 g/mol. The summed E-state index contributed by atoms with van der Waals surface area (Å²) in [6.07, 6.45) is 0.894. The fourth-order valence-electron chi connectivity index (χ4n) is 4.89. The highest BCUT2D eigenvalue weighted by Crippen LogP contribution is 2.47. The van der Waals surface area contributed by atoms with Crippen LogP contribution in [0.3, 0.4) is 0 Å². The van der Waals surface area contributed by atoms with Crippen LogP contribution >= 0.6 is 23.2 Å². The van der Waals surface area contributed by atoms with Crippen LogP contribution in [0.1, 0.15) is 49.7 Å². The molecule has 2 atom stereocenters. The number of rotatable bonds is 6. The predicted octanol–water partition coefficient (Wildman–Crippen LogP) is 5.94. The molecule has 0 unspecified atom stereocenters. The molecule has 1 heterocycles. The Labute approximate surface area is 214 Å². The van der Waals surface area contributed by atoms with E-state index < -0.39 is 11.9 Å². The van der Waals surface area contributed by atoms with Gasteiger partial charge in [0.05, 0.1) is 36.4 Å². The summed E-state index contributed by atoms with van der Waals surface area (Å²) in [7, 11) is 3.17. The van der Waals surface area contributed by atoms with E-state index in [1.807, 2.05) is 25.1 Å². The fourth-order valence-corrected chi connectivity index (χ4v) is 5.19. The molecule has 0 spiro atoms. The van der Waals surface area contributed by atoms with Crippen LogP contribution in [0.4, 0.5) is 0 Å². The lowest BCUT2D eigenvalue weighted by molar-refractivity contribution is -0.138. The first-order valence-corrected chi connectivity index (χ1v) is 12.1. The van der Waals surface area contributed by atoms with Gasteiger partial charge in [-0.3, -0.25) is 4.79 Å². The normalized spacial score (nSPS) is 19.8. The number of carbonyl (C=O) groups is 2. The minimum Gasteiger partial charge on any atom is -0.493 e. The topological polar surface area (TPSA) is 73.9 Å². The largest absolute Gasteiger partial charge is 0.493 e. The van der Waals surface area contributed by atoms with Gasteiger partial charge in [-0.15, -0.1) is 0 Å². The van der Waals surface area contributed by atoms with E-state index in [1.165, 1.54) is 0 Å². The van der Waals surface area contributed by atoms with Gasteiger partial charge in [-0.05, 0) is 61.6 Å². The highest BCUT2D eigenvalue weighted by atomic mass is 35.5. The van der Waals surface area contributed by atoms with Crippen molar-refractivity contribution in [2.45, 2.75) is 38.5 Å². The van der Waals surface area contributed by atoms with Gasteiger partial charge in [0.2, 0.25) is 0 Å². The van der Waals surface area contributed by atoms with E-state index in [0.29, 0.717) is 56.8 Å². The second-order valence-corrected chi connectivity index (χ2v) is 9.34. The molecule has 0 saturated heterocycles. The van der Waals surface area contributed by atoms with Gasteiger partial charge < -0.3 is 19.5 Å². The first kappa shape index (κ1) is 25.1. The molecule has 0 amide bonds. The average Bonchev–Trinajstić information content (AvgIpc) is 2.84. The molecule has 4 rings (SSSR count). The zero-order chi connectivity index (χ0) is 25.3. The van der Waals surface area contributed by atoms with Crippen molar-refractivity contribution in [2.75, 3.05) is 20.8 Å². The van der Waals surface area contributed by atoms with Gasteiger partial charge in [-0.25, -0.2) is 4.79 Å². The summed E-state index contributed by atoms with van der Waals surface area (Å²) in [5.74, 6) is 0.0903. The number of nitrogens with one attached hydrogen (secondary N) is 1. The van der Waals surface area contributed by atoms with Crippen LogP contribution in [0.15, 0.2) is 58.9 Å². The lowest BCUT2D eigenvalue weighted by atomic mass is 9.71. The van der Waals surface area contributed by atoms with Crippen LogP contribution in [-0.2, 0) is 14.3 Å². The molecule has 1 aliphatic carbocycles. The third kappa shape index (κ3) is 4.78. The number of hydrogen-bond donors (Lipinski definition) is 1. The lowest BCUT2D eigenvalue weighted by Gasteiger charge is -2.36. The van der Waals surface area contributed by atoms with Gasteiger partial charge in [0.25, 0.3) is 0 Å². The van der Waals surface area contributed by atoms with Gasteiger partial charge in [0, 0.05) is 29.3 Å². The van der Waals surface area contributed by atoms with Crippen molar-refractivity contribution < 1.29 is 23.8 Å². The van der Waals surface area contributed by atoms with E-state index in [9.17, 15) is 9.59 Å². The third-order valence-corrected chi connectivity index (χ3v) is 7.22. The van der Waals surface area contributed by atoms with Crippen molar-refractivity contribution >= 4 is 35.0 Å². The number of carbonyl (C=O) groups excluding carboxylic acids is 2. The molecule has 2 aromatic rings. The molecule has 0 bridgehead atoms. The Balaban J connectivity index is 1.79.